The standard InChI is InChI=1S/C24H26ClN3O2/c1-3-15-28(23(29)18-9-10-18)16-21-22(17-7-5-4-6-8-17)26-27(2)24(21)30-20-13-11-19(25)12-14-20/h4-8,11-14,18H,3,9-10,15-16H2,1-2H3. The van der Waals surface area contributed by atoms with Crippen LogP contribution in [-0.4, -0.2) is 27.1 Å². The van der Waals surface area contributed by atoms with Gasteiger partial charge in [0.2, 0.25) is 11.8 Å². The number of amides is 1. The molecule has 0 spiro atoms. The van der Waals surface area contributed by atoms with Gasteiger partial charge in [0.1, 0.15) is 11.4 Å². The predicted octanol–water partition coefficient (Wildman–Crippen LogP) is 5.68. The van der Waals surface area contributed by atoms with Gasteiger partial charge in [0.25, 0.3) is 0 Å². The van der Waals surface area contributed by atoms with Gasteiger partial charge < -0.3 is 9.64 Å². The summed E-state index contributed by atoms with van der Waals surface area (Å²) in [7, 11) is 1.87. The van der Waals surface area contributed by atoms with Gasteiger partial charge in [-0.05, 0) is 43.5 Å². The molecule has 1 aromatic heterocycles. The molecule has 0 N–H and O–H groups in total. The predicted molar refractivity (Wildman–Crippen MR) is 119 cm³/mol. The van der Waals surface area contributed by atoms with E-state index in [0.717, 1.165) is 42.6 Å². The van der Waals surface area contributed by atoms with E-state index in [1.807, 2.05) is 54.4 Å². The molecule has 1 fully saturated rings. The topological polar surface area (TPSA) is 47.4 Å². The van der Waals surface area contributed by atoms with E-state index in [1.54, 1.807) is 16.8 Å². The number of hydrogen-bond acceptors (Lipinski definition) is 3. The highest BCUT2D eigenvalue weighted by atomic mass is 35.5. The Hall–Kier alpha value is -2.79. The summed E-state index contributed by atoms with van der Waals surface area (Å²) in [6.07, 6.45) is 2.89. The smallest absolute Gasteiger partial charge is 0.225 e. The highest BCUT2D eigenvalue weighted by Gasteiger charge is 2.34. The minimum atomic E-state index is 0.175. The molecule has 5 nitrogen and oxygen atoms in total. The van der Waals surface area contributed by atoms with Gasteiger partial charge in [-0.25, -0.2) is 4.68 Å². The quantitative estimate of drug-likeness (QED) is 0.468. The first-order valence-corrected chi connectivity index (χ1v) is 10.8. The summed E-state index contributed by atoms with van der Waals surface area (Å²) in [6, 6.07) is 17.3. The van der Waals surface area contributed by atoms with E-state index < -0.39 is 0 Å². The Morgan fingerprint density at radius 2 is 1.87 bits per heavy atom. The maximum atomic E-state index is 12.9. The van der Waals surface area contributed by atoms with Crippen LogP contribution in [0.2, 0.25) is 5.02 Å². The van der Waals surface area contributed by atoms with Gasteiger partial charge in [-0.1, -0.05) is 48.9 Å². The molecule has 1 heterocycles. The van der Waals surface area contributed by atoms with E-state index in [9.17, 15) is 4.79 Å². The monoisotopic (exact) mass is 423 g/mol. The first kappa shape index (κ1) is 20.5. The molecule has 1 aliphatic carbocycles. The number of aryl methyl sites for hydroxylation is 1. The van der Waals surface area contributed by atoms with Crippen LogP contribution >= 0.6 is 11.6 Å². The molecule has 0 saturated heterocycles. The molecule has 4 rings (SSSR count). The maximum Gasteiger partial charge on any atom is 0.225 e. The van der Waals surface area contributed by atoms with E-state index in [4.69, 9.17) is 21.4 Å². The molecule has 0 aliphatic heterocycles. The van der Waals surface area contributed by atoms with Crippen molar-refractivity contribution in [3.63, 3.8) is 0 Å². The minimum absolute atomic E-state index is 0.175. The summed E-state index contributed by atoms with van der Waals surface area (Å²) < 4.78 is 7.98. The van der Waals surface area contributed by atoms with Gasteiger partial charge in [-0.15, -0.1) is 0 Å². The molecule has 2 aromatic carbocycles. The summed E-state index contributed by atoms with van der Waals surface area (Å²) in [5.41, 5.74) is 2.76. The van der Waals surface area contributed by atoms with E-state index in [-0.39, 0.29) is 11.8 Å². The summed E-state index contributed by atoms with van der Waals surface area (Å²) in [5.74, 6) is 1.73. The summed E-state index contributed by atoms with van der Waals surface area (Å²) in [5, 5.41) is 5.41. The van der Waals surface area contributed by atoms with Crippen LogP contribution in [-0.2, 0) is 18.4 Å². The zero-order valence-electron chi connectivity index (χ0n) is 17.3. The molecule has 0 bridgehead atoms. The normalized spacial score (nSPS) is 13.3. The van der Waals surface area contributed by atoms with Gasteiger partial charge in [-0.3, -0.25) is 4.79 Å². The van der Waals surface area contributed by atoms with Crippen LogP contribution in [0, 0.1) is 5.92 Å². The lowest BCUT2D eigenvalue weighted by Crippen LogP contribution is -2.32. The highest BCUT2D eigenvalue weighted by Crippen LogP contribution is 2.36. The van der Waals surface area contributed by atoms with Crippen LogP contribution in [0.3, 0.4) is 0 Å². The third kappa shape index (κ3) is 4.51. The molecule has 6 heteroatoms. The molecular weight excluding hydrogens is 398 g/mol. The number of hydrogen-bond donors (Lipinski definition) is 0. The number of ether oxygens (including phenoxy) is 1. The number of carbonyl (C=O) groups excluding carboxylic acids is 1. The fraction of sp³-hybridized carbons (Fsp3) is 0.333. The number of carbonyl (C=O) groups is 1. The van der Waals surface area contributed by atoms with Crippen molar-refractivity contribution >= 4 is 17.5 Å². The van der Waals surface area contributed by atoms with Crippen LogP contribution in [0.5, 0.6) is 11.6 Å². The number of nitrogens with zero attached hydrogens (tertiary/aromatic N) is 3. The second kappa shape index (κ2) is 8.92. The molecule has 0 radical (unpaired) electrons. The second-order valence-corrected chi connectivity index (χ2v) is 8.15. The van der Waals surface area contributed by atoms with Crippen LogP contribution in [0.15, 0.2) is 54.6 Å². The van der Waals surface area contributed by atoms with Crippen LogP contribution in [0.25, 0.3) is 11.3 Å². The van der Waals surface area contributed by atoms with Crippen molar-refractivity contribution in [2.75, 3.05) is 6.54 Å². The van der Waals surface area contributed by atoms with Gasteiger partial charge >= 0.3 is 0 Å². The first-order valence-electron chi connectivity index (χ1n) is 10.4. The average molecular weight is 424 g/mol. The van der Waals surface area contributed by atoms with Crippen molar-refractivity contribution < 1.29 is 9.53 Å². The third-order valence-corrected chi connectivity index (χ3v) is 5.50. The Morgan fingerprint density at radius 1 is 1.17 bits per heavy atom. The molecule has 1 aliphatic rings. The number of aromatic nitrogens is 2. The third-order valence-electron chi connectivity index (χ3n) is 5.24. The van der Waals surface area contributed by atoms with E-state index in [2.05, 4.69) is 6.92 Å². The molecule has 0 unspecified atom stereocenters. The number of halogens is 1. The second-order valence-electron chi connectivity index (χ2n) is 7.71. The molecule has 3 aromatic rings. The summed E-state index contributed by atoms with van der Waals surface area (Å²) in [6.45, 7) is 3.29. The lowest BCUT2D eigenvalue weighted by atomic mass is 10.1. The zero-order valence-corrected chi connectivity index (χ0v) is 18.1. The average Bonchev–Trinajstić information content (AvgIpc) is 3.56. The zero-order chi connectivity index (χ0) is 21.1. The van der Waals surface area contributed by atoms with Crippen molar-refractivity contribution in [3.05, 3.63) is 65.2 Å². The molecule has 1 saturated carbocycles. The molecule has 30 heavy (non-hydrogen) atoms. The van der Waals surface area contributed by atoms with Gasteiger partial charge in [-0.2, -0.15) is 5.10 Å². The Balaban J connectivity index is 1.74. The van der Waals surface area contributed by atoms with Crippen molar-refractivity contribution in [1.82, 2.24) is 14.7 Å². The highest BCUT2D eigenvalue weighted by molar-refractivity contribution is 6.30. The summed E-state index contributed by atoms with van der Waals surface area (Å²) >= 11 is 6.02. The van der Waals surface area contributed by atoms with Gasteiger partial charge in [0.05, 0.1) is 12.1 Å². The number of rotatable bonds is 8. The van der Waals surface area contributed by atoms with Crippen LogP contribution in [0.4, 0.5) is 0 Å². The van der Waals surface area contributed by atoms with Crippen molar-refractivity contribution in [3.8, 4) is 22.9 Å². The minimum Gasteiger partial charge on any atom is -0.439 e. The Morgan fingerprint density at radius 3 is 2.50 bits per heavy atom. The SMILES string of the molecule is CCCN(Cc1c(-c2ccccc2)nn(C)c1Oc1ccc(Cl)cc1)C(=O)C1CC1. The largest absolute Gasteiger partial charge is 0.439 e. The van der Waals surface area contributed by atoms with E-state index in [1.165, 1.54) is 0 Å². The summed E-state index contributed by atoms with van der Waals surface area (Å²) in [4.78, 5) is 14.9. The van der Waals surface area contributed by atoms with Gasteiger partial charge in [0.15, 0.2) is 0 Å². The Bertz CT molecular complexity index is 1010. The van der Waals surface area contributed by atoms with E-state index >= 15 is 0 Å². The fourth-order valence-electron chi connectivity index (χ4n) is 3.58. The Labute approximate surface area is 182 Å². The molecule has 156 valence electrons. The Kier molecular flexibility index (Phi) is 6.09. The van der Waals surface area contributed by atoms with Crippen molar-refractivity contribution in [1.29, 1.82) is 0 Å². The fourth-order valence-corrected chi connectivity index (χ4v) is 3.71. The number of benzene rings is 2. The lowest BCUT2D eigenvalue weighted by molar-refractivity contribution is -0.133. The molecule has 1 amide bonds. The lowest BCUT2D eigenvalue weighted by Gasteiger charge is -2.23. The van der Waals surface area contributed by atoms with Gasteiger partial charge in [0, 0.05) is 30.1 Å². The van der Waals surface area contributed by atoms with Crippen LogP contribution in [0.1, 0.15) is 31.7 Å². The van der Waals surface area contributed by atoms with E-state index in [0.29, 0.717) is 23.2 Å². The molecular formula is C24H26ClN3O2. The van der Waals surface area contributed by atoms with Crippen LogP contribution < -0.4 is 4.74 Å². The molecule has 0 atom stereocenters. The van der Waals surface area contributed by atoms with Crippen molar-refractivity contribution in [2.24, 2.45) is 13.0 Å². The van der Waals surface area contributed by atoms with Crippen molar-refractivity contribution in [2.45, 2.75) is 32.7 Å². The maximum absolute atomic E-state index is 12.9. The first-order chi connectivity index (χ1) is 14.6.